The Morgan fingerprint density at radius 3 is 2.67 bits per heavy atom. The number of anilines is 1. The molecule has 0 heterocycles. The van der Waals surface area contributed by atoms with E-state index in [-0.39, 0.29) is 17.4 Å². The van der Waals surface area contributed by atoms with E-state index in [1.807, 2.05) is 11.8 Å². The summed E-state index contributed by atoms with van der Waals surface area (Å²) >= 11 is 0. The Labute approximate surface area is 121 Å². The van der Waals surface area contributed by atoms with Gasteiger partial charge in [0.1, 0.15) is 11.5 Å². The molecule has 1 aliphatic rings. The summed E-state index contributed by atoms with van der Waals surface area (Å²) < 4.78 is 13.7. The van der Waals surface area contributed by atoms with Crippen molar-refractivity contribution in [1.82, 2.24) is 0 Å². The number of carboxylic acid groups (broad SMARTS) is 1. The van der Waals surface area contributed by atoms with Crippen LogP contribution in [0.4, 0.5) is 15.8 Å². The molecule has 0 amide bonds. The number of nitrogens with zero attached hydrogens (tertiary/aromatic N) is 2. The Kier molecular flexibility index (Phi) is 4.40. The summed E-state index contributed by atoms with van der Waals surface area (Å²) in [5.74, 6) is -2.50. The van der Waals surface area contributed by atoms with Crippen molar-refractivity contribution >= 4 is 17.3 Å². The minimum absolute atomic E-state index is 0.183. The predicted octanol–water partition coefficient (Wildman–Crippen LogP) is 3.20. The van der Waals surface area contributed by atoms with Crippen LogP contribution in [0.5, 0.6) is 0 Å². The highest BCUT2D eigenvalue weighted by atomic mass is 19.1. The first-order chi connectivity index (χ1) is 9.95. The minimum Gasteiger partial charge on any atom is -0.478 e. The number of rotatable bonds is 7. The molecular weight excluding hydrogens is 279 g/mol. The molecule has 0 radical (unpaired) electrons. The molecule has 1 aromatic rings. The molecule has 114 valence electrons. The Balaban J connectivity index is 2.49. The van der Waals surface area contributed by atoms with Crippen molar-refractivity contribution in [3.8, 4) is 0 Å². The summed E-state index contributed by atoms with van der Waals surface area (Å²) in [7, 11) is 0. The van der Waals surface area contributed by atoms with E-state index in [2.05, 4.69) is 0 Å². The molecule has 1 aliphatic carbocycles. The molecule has 0 atom stereocenters. The summed E-state index contributed by atoms with van der Waals surface area (Å²) in [6.45, 7) is 2.61. The third kappa shape index (κ3) is 3.29. The zero-order valence-electron chi connectivity index (χ0n) is 11.7. The zero-order chi connectivity index (χ0) is 15.6. The summed E-state index contributed by atoms with van der Waals surface area (Å²) in [5, 5.41) is 20.1. The number of halogens is 1. The maximum atomic E-state index is 13.7. The second-order valence-electron chi connectivity index (χ2n) is 5.16. The van der Waals surface area contributed by atoms with Crippen LogP contribution in [-0.2, 0) is 0 Å². The quantitative estimate of drug-likeness (QED) is 0.617. The Morgan fingerprint density at radius 2 is 2.19 bits per heavy atom. The van der Waals surface area contributed by atoms with Crippen LogP contribution in [0.15, 0.2) is 12.1 Å². The monoisotopic (exact) mass is 296 g/mol. The highest BCUT2D eigenvalue weighted by Gasteiger charge is 2.34. The number of carbonyl (C=O) groups is 1. The van der Waals surface area contributed by atoms with E-state index in [0.717, 1.165) is 31.7 Å². The number of carboxylic acids is 1. The van der Waals surface area contributed by atoms with Gasteiger partial charge >= 0.3 is 5.97 Å². The van der Waals surface area contributed by atoms with Crippen molar-refractivity contribution in [3.63, 3.8) is 0 Å². The van der Waals surface area contributed by atoms with Crippen LogP contribution in [0, 0.1) is 15.9 Å². The molecule has 21 heavy (non-hydrogen) atoms. The van der Waals surface area contributed by atoms with Gasteiger partial charge in [-0.3, -0.25) is 10.1 Å². The number of unbranched alkanes of at least 4 members (excludes halogenated alkanes) is 1. The van der Waals surface area contributed by atoms with Gasteiger partial charge in [-0.25, -0.2) is 9.18 Å². The molecule has 6 nitrogen and oxygen atoms in total. The molecule has 1 fully saturated rings. The largest absolute Gasteiger partial charge is 0.478 e. The van der Waals surface area contributed by atoms with Crippen LogP contribution in [0.25, 0.3) is 0 Å². The molecule has 7 heteroatoms. The maximum Gasteiger partial charge on any atom is 0.338 e. The van der Waals surface area contributed by atoms with Crippen molar-refractivity contribution in [2.24, 2.45) is 0 Å². The van der Waals surface area contributed by atoms with Gasteiger partial charge in [0.05, 0.1) is 16.6 Å². The summed E-state index contributed by atoms with van der Waals surface area (Å²) in [4.78, 5) is 23.4. The fourth-order valence-electron chi connectivity index (χ4n) is 2.31. The van der Waals surface area contributed by atoms with Crippen LogP contribution in [0.3, 0.4) is 0 Å². The van der Waals surface area contributed by atoms with Gasteiger partial charge in [-0.2, -0.15) is 0 Å². The fraction of sp³-hybridized carbons (Fsp3) is 0.500. The Hall–Kier alpha value is -2.18. The molecule has 0 saturated heterocycles. The van der Waals surface area contributed by atoms with Gasteiger partial charge in [0.25, 0.3) is 5.69 Å². The number of hydrogen-bond donors (Lipinski definition) is 1. The summed E-state index contributed by atoms with van der Waals surface area (Å²) in [6.07, 6.45) is 3.60. The smallest absolute Gasteiger partial charge is 0.338 e. The Bertz CT molecular complexity index is 572. The zero-order valence-corrected chi connectivity index (χ0v) is 11.7. The first kappa shape index (κ1) is 15.2. The summed E-state index contributed by atoms with van der Waals surface area (Å²) in [5.41, 5.74) is -0.701. The highest BCUT2D eigenvalue weighted by molar-refractivity contribution is 5.90. The topological polar surface area (TPSA) is 83.7 Å². The summed E-state index contributed by atoms with van der Waals surface area (Å²) in [6, 6.07) is 1.98. The molecular formula is C14H17FN2O4. The van der Waals surface area contributed by atoms with E-state index in [9.17, 15) is 19.3 Å². The van der Waals surface area contributed by atoms with E-state index in [0.29, 0.717) is 12.6 Å². The van der Waals surface area contributed by atoms with Gasteiger partial charge in [0.15, 0.2) is 0 Å². The molecule has 1 N–H and O–H groups in total. The number of benzene rings is 1. The number of nitro benzene ring substituents is 1. The second kappa shape index (κ2) is 6.07. The van der Waals surface area contributed by atoms with Gasteiger partial charge in [-0.15, -0.1) is 0 Å². The molecule has 1 aromatic carbocycles. The van der Waals surface area contributed by atoms with E-state index in [1.54, 1.807) is 0 Å². The van der Waals surface area contributed by atoms with Crippen LogP contribution >= 0.6 is 0 Å². The third-order valence-electron chi connectivity index (χ3n) is 3.54. The van der Waals surface area contributed by atoms with E-state index >= 15 is 0 Å². The normalized spacial score (nSPS) is 14.0. The predicted molar refractivity (Wildman–Crippen MR) is 75.3 cm³/mol. The average Bonchev–Trinajstić information content (AvgIpc) is 3.24. The van der Waals surface area contributed by atoms with Crippen molar-refractivity contribution < 1.29 is 19.2 Å². The number of nitro groups is 1. The second-order valence-corrected chi connectivity index (χ2v) is 5.16. The first-order valence-corrected chi connectivity index (χ1v) is 6.93. The molecule has 0 unspecified atom stereocenters. The van der Waals surface area contributed by atoms with E-state index < -0.39 is 22.3 Å². The SMILES string of the molecule is CCCCN(c1cc(C(=O)O)c(F)cc1[N+](=O)[O-])C1CC1. The van der Waals surface area contributed by atoms with Crippen LogP contribution in [-0.4, -0.2) is 28.6 Å². The lowest BCUT2D eigenvalue weighted by Gasteiger charge is -2.24. The van der Waals surface area contributed by atoms with Gasteiger partial charge in [0.2, 0.25) is 0 Å². The van der Waals surface area contributed by atoms with Crippen LogP contribution in [0.1, 0.15) is 43.0 Å². The molecule has 0 spiro atoms. The lowest BCUT2D eigenvalue weighted by Crippen LogP contribution is -2.28. The lowest BCUT2D eigenvalue weighted by atomic mass is 10.1. The van der Waals surface area contributed by atoms with E-state index in [4.69, 9.17) is 5.11 Å². The van der Waals surface area contributed by atoms with Gasteiger partial charge < -0.3 is 10.0 Å². The average molecular weight is 296 g/mol. The van der Waals surface area contributed by atoms with Gasteiger partial charge in [-0.1, -0.05) is 13.3 Å². The third-order valence-corrected chi connectivity index (χ3v) is 3.54. The van der Waals surface area contributed by atoms with Crippen molar-refractivity contribution in [3.05, 3.63) is 33.6 Å². The fourth-order valence-corrected chi connectivity index (χ4v) is 2.31. The first-order valence-electron chi connectivity index (χ1n) is 6.93. The van der Waals surface area contributed by atoms with Crippen LogP contribution < -0.4 is 4.90 Å². The molecule has 1 saturated carbocycles. The minimum atomic E-state index is -1.42. The molecule has 0 aromatic heterocycles. The Morgan fingerprint density at radius 1 is 1.52 bits per heavy atom. The highest BCUT2D eigenvalue weighted by Crippen LogP contribution is 2.38. The number of hydrogen-bond acceptors (Lipinski definition) is 4. The molecule has 0 bridgehead atoms. The van der Waals surface area contributed by atoms with Crippen LogP contribution in [0.2, 0.25) is 0 Å². The standard InChI is InChI=1S/C14H17FN2O4/c1-2-3-6-16(9-4-5-9)12-7-10(14(18)19)11(15)8-13(12)17(20)21/h7-9H,2-6H2,1H3,(H,18,19). The maximum absolute atomic E-state index is 13.7. The van der Waals surface area contributed by atoms with Gasteiger partial charge in [-0.05, 0) is 25.3 Å². The van der Waals surface area contributed by atoms with E-state index in [1.165, 1.54) is 0 Å². The molecule has 2 rings (SSSR count). The lowest BCUT2D eigenvalue weighted by molar-refractivity contribution is -0.384. The van der Waals surface area contributed by atoms with Crippen molar-refractivity contribution in [2.75, 3.05) is 11.4 Å². The van der Waals surface area contributed by atoms with Gasteiger partial charge in [0, 0.05) is 12.6 Å². The van der Waals surface area contributed by atoms with Crippen molar-refractivity contribution in [1.29, 1.82) is 0 Å². The van der Waals surface area contributed by atoms with Crippen molar-refractivity contribution in [2.45, 2.75) is 38.6 Å². The number of aromatic carboxylic acids is 1. The molecule has 0 aliphatic heterocycles.